The quantitative estimate of drug-likeness (QED) is 0.363. The number of halogens is 1. The molecule has 0 aliphatic rings. The zero-order chi connectivity index (χ0) is 23.9. The third-order valence-electron chi connectivity index (χ3n) is 4.93. The zero-order valence-electron chi connectivity index (χ0n) is 18.3. The molecule has 1 N–H and O–H groups in total. The number of rotatable bonds is 8. The summed E-state index contributed by atoms with van der Waals surface area (Å²) in [6, 6.07) is 23.8. The molecule has 0 bridgehead atoms. The van der Waals surface area contributed by atoms with Crippen LogP contribution in [-0.4, -0.2) is 39.4 Å². The van der Waals surface area contributed by atoms with Crippen molar-refractivity contribution in [2.24, 2.45) is 0 Å². The molecule has 3 aromatic carbocycles. The molecule has 0 saturated heterocycles. The lowest BCUT2D eigenvalue weighted by Gasteiger charge is -2.11. The Kier molecular flexibility index (Phi) is 7.61. The highest BCUT2D eigenvalue weighted by atomic mass is 35.5. The third-order valence-corrected chi connectivity index (χ3v) is 6.11. The largest absolute Gasteiger partial charge is 0.497 e. The minimum Gasteiger partial charge on any atom is -0.497 e. The van der Waals surface area contributed by atoms with Crippen LogP contribution >= 0.6 is 23.4 Å². The highest BCUT2D eigenvalue weighted by molar-refractivity contribution is 7.99. The summed E-state index contributed by atoms with van der Waals surface area (Å²) in [5, 5.41) is 12.2. The zero-order valence-corrected chi connectivity index (χ0v) is 19.8. The van der Waals surface area contributed by atoms with Crippen molar-refractivity contribution in [2.45, 2.75) is 11.6 Å². The minimum absolute atomic E-state index is 0.00104. The van der Waals surface area contributed by atoms with Crippen molar-refractivity contribution < 1.29 is 14.3 Å². The van der Waals surface area contributed by atoms with Crippen LogP contribution < -0.4 is 10.1 Å². The first-order chi connectivity index (χ1) is 16.5. The maximum atomic E-state index is 12.5. The number of hydrogen-bond acceptors (Lipinski definition) is 6. The van der Waals surface area contributed by atoms with Crippen molar-refractivity contribution in [3.63, 3.8) is 0 Å². The highest BCUT2D eigenvalue weighted by Crippen LogP contribution is 2.24. The number of benzene rings is 3. The van der Waals surface area contributed by atoms with Gasteiger partial charge in [-0.1, -0.05) is 53.7 Å². The van der Waals surface area contributed by atoms with E-state index in [0.29, 0.717) is 27.9 Å². The monoisotopic (exact) mass is 492 g/mol. The van der Waals surface area contributed by atoms with Gasteiger partial charge in [-0.15, -0.1) is 10.2 Å². The Morgan fingerprint density at radius 2 is 1.68 bits per heavy atom. The molecule has 0 aliphatic heterocycles. The van der Waals surface area contributed by atoms with Gasteiger partial charge in [-0.25, -0.2) is 0 Å². The fraction of sp³-hybridized carbons (Fsp3) is 0.120. The van der Waals surface area contributed by atoms with E-state index in [-0.39, 0.29) is 5.75 Å². The van der Waals surface area contributed by atoms with Gasteiger partial charge in [0, 0.05) is 22.7 Å². The molecule has 0 saturated carbocycles. The second-order valence-electron chi connectivity index (χ2n) is 7.27. The number of imide groups is 1. The number of carbonyl (C=O) groups excluding carboxylic acids is 2. The minimum atomic E-state index is -0.475. The van der Waals surface area contributed by atoms with Crippen molar-refractivity contribution in [3.8, 4) is 11.4 Å². The van der Waals surface area contributed by atoms with E-state index in [2.05, 4.69) is 15.5 Å². The maximum Gasteiger partial charge on any atom is 0.257 e. The lowest BCUT2D eigenvalue weighted by Crippen LogP contribution is -2.31. The molecule has 0 radical (unpaired) electrons. The van der Waals surface area contributed by atoms with E-state index in [1.54, 1.807) is 43.5 Å². The summed E-state index contributed by atoms with van der Waals surface area (Å²) >= 11 is 7.26. The first-order valence-corrected chi connectivity index (χ1v) is 11.7. The number of amides is 2. The van der Waals surface area contributed by atoms with E-state index in [9.17, 15) is 9.59 Å². The molecular formula is C25H21ClN4O3S. The predicted molar refractivity (Wildman–Crippen MR) is 132 cm³/mol. The van der Waals surface area contributed by atoms with E-state index in [1.807, 2.05) is 47.0 Å². The Balaban J connectivity index is 1.48. The maximum absolute atomic E-state index is 12.5. The normalized spacial score (nSPS) is 10.6. The summed E-state index contributed by atoms with van der Waals surface area (Å²) in [4.78, 5) is 24.8. The van der Waals surface area contributed by atoms with Gasteiger partial charge in [0.2, 0.25) is 5.91 Å². The number of ether oxygens (including phenoxy) is 1. The SMILES string of the molecule is COc1ccc(C(=O)NC(=O)CSc2nnc(Cc3ccccc3)n2-c2ccc(Cl)cc2)cc1. The van der Waals surface area contributed by atoms with Crippen LogP contribution in [0.25, 0.3) is 5.69 Å². The standard InChI is InChI=1S/C25H21ClN4O3S/c1-33-21-13-7-18(8-14-21)24(32)27-23(31)16-34-25-29-28-22(15-17-5-3-2-4-6-17)30(25)20-11-9-19(26)10-12-20/h2-14H,15-16H2,1H3,(H,27,31,32). The van der Waals surface area contributed by atoms with Crippen LogP contribution in [0.2, 0.25) is 5.02 Å². The van der Waals surface area contributed by atoms with Gasteiger partial charge in [-0.05, 0) is 54.1 Å². The summed E-state index contributed by atoms with van der Waals surface area (Å²) < 4.78 is 6.98. The van der Waals surface area contributed by atoms with Gasteiger partial charge < -0.3 is 4.74 Å². The number of carbonyl (C=O) groups is 2. The molecule has 1 aromatic heterocycles. The van der Waals surface area contributed by atoms with Gasteiger partial charge in [0.05, 0.1) is 12.9 Å². The summed E-state index contributed by atoms with van der Waals surface area (Å²) in [7, 11) is 1.55. The van der Waals surface area contributed by atoms with Gasteiger partial charge in [-0.2, -0.15) is 0 Å². The number of nitrogens with zero attached hydrogens (tertiary/aromatic N) is 3. The Morgan fingerprint density at radius 1 is 0.971 bits per heavy atom. The summed E-state index contributed by atoms with van der Waals surface area (Å²) in [6.45, 7) is 0. The molecular weight excluding hydrogens is 472 g/mol. The first kappa shape index (κ1) is 23.5. The third kappa shape index (κ3) is 5.84. The molecule has 2 amide bonds. The van der Waals surface area contributed by atoms with E-state index >= 15 is 0 Å². The molecule has 0 unspecified atom stereocenters. The smallest absolute Gasteiger partial charge is 0.257 e. The van der Waals surface area contributed by atoms with Crippen molar-refractivity contribution in [1.29, 1.82) is 0 Å². The molecule has 34 heavy (non-hydrogen) atoms. The van der Waals surface area contributed by atoms with Crippen LogP contribution in [0.15, 0.2) is 84.0 Å². The second-order valence-corrected chi connectivity index (χ2v) is 8.65. The lowest BCUT2D eigenvalue weighted by molar-refractivity contribution is -0.117. The van der Waals surface area contributed by atoms with Gasteiger partial charge >= 0.3 is 0 Å². The van der Waals surface area contributed by atoms with Crippen molar-refractivity contribution in [1.82, 2.24) is 20.1 Å². The predicted octanol–water partition coefficient (Wildman–Crippen LogP) is 4.57. The topological polar surface area (TPSA) is 86.1 Å². The Hall–Kier alpha value is -3.62. The molecule has 0 atom stereocenters. The van der Waals surface area contributed by atoms with Crippen LogP contribution in [0.3, 0.4) is 0 Å². The molecule has 0 aliphatic carbocycles. The molecule has 0 spiro atoms. The summed E-state index contributed by atoms with van der Waals surface area (Å²) in [5.41, 5.74) is 2.29. The average Bonchev–Trinajstić information content (AvgIpc) is 3.26. The van der Waals surface area contributed by atoms with Crippen LogP contribution in [0.5, 0.6) is 5.75 Å². The van der Waals surface area contributed by atoms with Crippen LogP contribution in [0.1, 0.15) is 21.7 Å². The first-order valence-electron chi connectivity index (χ1n) is 10.4. The van der Waals surface area contributed by atoms with Gasteiger partial charge in [-0.3, -0.25) is 19.5 Å². The Bertz CT molecular complexity index is 1280. The van der Waals surface area contributed by atoms with Gasteiger partial charge in [0.1, 0.15) is 11.6 Å². The van der Waals surface area contributed by atoms with E-state index < -0.39 is 11.8 Å². The summed E-state index contributed by atoms with van der Waals surface area (Å²) in [6.07, 6.45) is 0.569. The fourth-order valence-electron chi connectivity index (χ4n) is 3.24. The van der Waals surface area contributed by atoms with Gasteiger partial charge in [0.25, 0.3) is 5.91 Å². The molecule has 0 fully saturated rings. The van der Waals surface area contributed by atoms with Crippen molar-refractivity contribution in [3.05, 3.63) is 101 Å². The average molecular weight is 493 g/mol. The van der Waals surface area contributed by atoms with E-state index in [0.717, 1.165) is 17.1 Å². The highest BCUT2D eigenvalue weighted by Gasteiger charge is 2.17. The van der Waals surface area contributed by atoms with Crippen LogP contribution in [0, 0.1) is 0 Å². The fourth-order valence-corrected chi connectivity index (χ4v) is 4.14. The Labute approximate surface area is 206 Å². The molecule has 4 rings (SSSR count). The Morgan fingerprint density at radius 3 is 2.35 bits per heavy atom. The number of aromatic nitrogens is 3. The number of methoxy groups -OCH3 is 1. The van der Waals surface area contributed by atoms with E-state index in [1.165, 1.54) is 11.8 Å². The van der Waals surface area contributed by atoms with Crippen molar-refractivity contribution >= 4 is 35.2 Å². The van der Waals surface area contributed by atoms with Crippen LogP contribution in [0.4, 0.5) is 0 Å². The molecule has 172 valence electrons. The van der Waals surface area contributed by atoms with Gasteiger partial charge in [0.15, 0.2) is 5.16 Å². The molecule has 7 nitrogen and oxygen atoms in total. The molecule has 1 heterocycles. The van der Waals surface area contributed by atoms with Crippen LogP contribution in [-0.2, 0) is 11.2 Å². The number of nitrogens with one attached hydrogen (secondary N) is 1. The molecule has 9 heteroatoms. The second kappa shape index (κ2) is 11.0. The summed E-state index contributed by atoms with van der Waals surface area (Å²) in [5.74, 6) is 0.453. The molecule has 4 aromatic rings. The number of thioether (sulfide) groups is 1. The van der Waals surface area contributed by atoms with Crippen molar-refractivity contribution in [2.75, 3.05) is 12.9 Å². The lowest BCUT2D eigenvalue weighted by atomic mass is 10.1. The van der Waals surface area contributed by atoms with E-state index in [4.69, 9.17) is 16.3 Å². The number of hydrogen-bond donors (Lipinski definition) is 1.